The van der Waals surface area contributed by atoms with Crippen molar-refractivity contribution in [3.05, 3.63) is 87.7 Å². The Balaban J connectivity index is 1.41. The molecule has 3 N–H and O–H groups in total. The molecule has 172 valence electrons. The molecule has 3 aromatic rings. The van der Waals surface area contributed by atoms with Crippen LogP contribution in [0.1, 0.15) is 41.5 Å². The Labute approximate surface area is 196 Å². The highest BCUT2D eigenvalue weighted by Crippen LogP contribution is 2.31. The highest BCUT2D eigenvalue weighted by atomic mass is 16.2. The number of amides is 2. The molecule has 3 heterocycles. The summed E-state index contributed by atoms with van der Waals surface area (Å²) in [6.45, 7) is 7.11. The molecule has 0 bridgehead atoms. The van der Waals surface area contributed by atoms with E-state index in [1.54, 1.807) is 12.1 Å². The summed E-state index contributed by atoms with van der Waals surface area (Å²) < 4.78 is 0. The quantitative estimate of drug-likeness (QED) is 0.559. The zero-order valence-corrected chi connectivity index (χ0v) is 18.9. The lowest BCUT2D eigenvalue weighted by atomic mass is 9.92. The van der Waals surface area contributed by atoms with Gasteiger partial charge in [0.15, 0.2) is 0 Å². The van der Waals surface area contributed by atoms with Gasteiger partial charge in [0.25, 0.3) is 5.56 Å². The SMILES string of the molecule is C=C(C)c1ccc(NC(=O)[C@@H]2CC(=O)Nc3nc(N4CCc5ccccc5C4)[nH]c(=O)c32)cc1. The van der Waals surface area contributed by atoms with Crippen molar-refractivity contribution in [1.29, 1.82) is 0 Å². The van der Waals surface area contributed by atoms with E-state index in [1.165, 1.54) is 11.1 Å². The minimum Gasteiger partial charge on any atom is -0.338 e. The number of aromatic nitrogens is 2. The summed E-state index contributed by atoms with van der Waals surface area (Å²) in [5, 5.41) is 5.50. The number of H-pyrrole nitrogens is 1. The van der Waals surface area contributed by atoms with E-state index < -0.39 is 17.4 Å². The molecule has 2 aliphatic heterocycles. The Hall–Kier alpha value is -4.20. The van der Waals surface area contributed by atoms with E-state index in [-0.39, 0.29) is 23.7 Å². The van der Waals surface area contributed by atoms with Gasteiger partial charge in [0.2, 0.25) is 17.8 Å². The lowest BCUT2D eigenvalue weighted by Gasteiger charge is -2.30. The molecule has 5 rings (SSSR count). The van der Waals surface area contributed by atoms with Crippen LogP contribution in [-0.2, 0) is 22.6 Å². The third-order valence-electron chi connectivity index (χ3n) is 6.33. The molecule has 34 heavy (non-hydrogen) atoms. The van der Waals surface area contributed by atoms with Gasteiger partial charge in [-0.15, -0.1) is 0 Å². The van der Waals surface area contributed by atoms with E-state index in [9.17, 15) is 14.4 Å². The number of anilines is 3. The van der Waals surface area contributed by atoms with E-state index in [2.05, 4.69) is 39.3 Å². The first-order valence-electron chi connectivity index (χ1n) is 11.2. The highest BCUT2D eigenvalue weighted by molar-refractivity contribution is 6.04. The predicted molar refractivity (Wildman–Crippen MR) is 132 cm³/mol. The molecule has 2 amide bonds. The summed E-state index contributed by atoms with van der Waals surface area (Å²) in [4.78, 5) is 47.9. The van der Waals surface area contributed by atoms with E-state index in [1.807, 2.05) is 36.1 Å². The second-order valence-electron chi connectivity index (χ2n) is 8.74. The summed E-state index contributed by atoms with van der Waals surface area (Å²) in [6.07, 6.45) is 0.711. The van der Waals surface area contributed by atoms with Gasteiger partial charge in [0.05, 0.1) is 11.5 Å². The standard InChI is InChI=1S/C26H25N5O3/c1-15(2)16-7-9-19(10-8-16)27-24(33)20-13-21(32)28-23-22(20)25(34)30-26(29-23)31-12-11-17-5-3-4-6-18(17)14-31/h3-10,20H,1,11-14H2,2H3,(H,27,33)(H2,28,29,30,32,34)/t20-/m1/s1. The summed E-state index contributed by atoms with van der Waals surface area (Å²) in [5.74, 6) is -1.18. The third kappa shape index (κ3) is 4.10. The van der Waals surface area contributed by atoms with E-state index in [0.29, 0.717) is 24.7 Å². The molecule has 8 heteroatoms. The zero-order valence-electron chi connectivity index (χ0n) is 18.9. The predicted octanol–water partition coefficient (Wildman–Crippen LogP) is 3.43. The van der Waals surface area contributed by atoms with Crippen molar-refractivity contribution in [2.24, 2.45) is 0 Å². The third-order valence-corrected chi connectivity index (χ3v) is 6.33. The fraction of sp³-hybridized carbons (Fsp3) is 0.231. The van der Waals surface area contributed by atoms with Crippen LogP contribution in [0.15, 0.2) is 59.9 Å². The molecule has 0 unspecified atom stereocenters. The van der Waals surface area contributed by atoms with Gasteiger partial charge in [-0.1, -0.05) is 48.6 Å². The highest BCUT2D eigenvalue weighted by Gasteiger charge is 2.35. The van der Waals surface area contributed by atoms with Gasteiger partial charge >= 0.3 is 0 Å². The van der Waals surface area contributed by atoms with Gasteiger partial charge < -0.3 is 15.5 Å². The first-order chi connectivity index (χ1) is 16.4. The number of hydrogen-bond acceptors (Lipinski definition) is 5. The van der Waals surface area contributed by atoms with Crippen molar-refractivity contribution in [3.8, 4) is 0 Å². The van der Waals surface area contributed by atoms with Crippen molar-refractivity contribution in [2.45, 2.75) is 32.2 Å². The lowest BCUT2D eigenvalue weighted by molar-refractivity contribution is -0.123. The van der Waals surface area contributed by atoms with Gasteiger partial charge in [-0.05, 0) is 42.2 Å². The Kier molecular flexibility index (Phi) is 5.49. The maximum Gasteiger partial charge on any atom is 0.258 e. The van der Waals surface area contributed by atoms with E-state index >= 15 is 0 Å². The number of carbonyl (C=O) groups excluding carboxylic acids is 2. The molecular formula is C26H25N5O3. The summed E-state index contributed by atoms with van der Waals surface area (Å²) in [5.41, 5.74) is 4.67. The number of carbonyl (C=O) groups is 2. The Morgan fingerprint density at radius 3 is 2.59 bits per heavy atom. The van der Waals surface area contributed by atoms with E-state index in [4.69, 9.17) is 0 Å². The van der Waals surface area contributed by atoms with Crippen LogP contribution in [0.2, 0.25) is 0 Å². The smallest absolute Gasteiger partial charge is 0.258 e. The largest absolute Gasteiger partial charge is 0.338 e. The zero-order chi connectivity index (χ0) is 23.8. The van der Waals surface area contributed by atoms with Gasteiger partial charge in [-0.25, -0.2) is 0 Å². The minimum absolute atomic E-state index is 0.121. The number of benzene rings is 2. The number of rotatable bonds is 4. The molecule has 0 saturated carbocycles. The molecule has 0 saturated heterocycles. The fourth-order valence-corrected chi connectivity index (χ4v) is 4.48. The van der Waals surface area contributed by atoms with Gasteiger partial charge in [0, 0.05) is 25.2 Å². The van der Waals surface area contributed by atoms with Crippen LogP contribution in [0.3, 0.4) is 0 Å². The maximum absolute atomic E-state index is 13.1. The van der Waals surface area contributed by atoms with Crippen molar-refractivity contribution in [2.75, 3.05) is 22.1 Å². The number of fused-ring (bicyclic) bond motifs is 2. The second kappa shape index (κ2) is 8.62. The second-order valence-corrected chi connectivity index (χ2v) is 8.74. The summed E-state index contributed by atoms with van der Waals surface area (Å²) >= 11 is 0. The molecule has 0 spiro atoms. The number of hydrogen-bond donors (Lipinski definition) is 3. The average molecular weight is 456 g/mol. The molecule has 8 nitrogen and oxygen atoms in total. The molecule has 2 aromatic carbocycles. The van der Waals surface area contributed by atoms with Gasteiger partial charge in [0.1, 0.15) is 5.82 Å². The monoisotopic (exact) mass is 455 g/mol. The van der Waals surface area contributed by atoms with Gasteiger partial charge in [-0.2, -0.15) is 4.98 Å². The molecule has 0 aliphatic carbocycles. The Bertz CT molecular complexity index is 1360. The van der Waals surface area contributed by atoms with Gasteiger partial charge in [-0.3, -0.25) is 19.4 Å². The van der Waals surface area contributed by atoms with Crippen molar-refractivity contribution in [1.82, 2.24) is 9.97 Å². The molecule has 1 aromatic heterocycles. The molecule has 0 radical (unpaired) electrons. The molecule has 0 fully saturated rings. The normalized spacial score (nSPS) is 16.8. The number of allylic oxidation sites excluding steroid dienone is 1. The van der Waals surface area contributed by atoms with E-state index in [0.717, 1.165) is 17.6 Å². The van der Waals surface area contributed by atoms with Crippen LogP contribution in [-0.4, -0.2) is 28.3 Å². The lowest BCUT2D eigenvalue weighted by Crippen LogP contribution is -2.38. The number of nitrogens with zero attached hydrogens (tertiary/aromatic N) is 2. The van der Waals surface area contributed by atoms with Crippen molar-refractivity contribution >= 4 is 34.8 Å². The summed E-state index contributed by atoms with van der Waals surface area (Å²) in [7, 11) is 0. The number of aromatic amines is 1. The Morgan fingerprint density at radius 1 is 1.12 bits per heavy atom. The van der Waals surface area contributed by atoms with Crippen LogP contribution in [0.4, 0.5) is 17.5 Å². The first-order valence-corrected chi connectivity index (χ1v) is 11.2. The minimum atomic E-state index is -0.933. The van der Waals surface area contributed by atoms with Crippen molar-refractivity contribution in [3.63, 3.8) is 0 Å². The maximum atomic E-state index is 13.1. The first kappa shape index (κ1) is 21.6. The van der Waals surface area contributed by atoms with Crippen LogP contribution >= 0.6 is 0 Å². The van der Waals surface area contributed by atoms with Crippen molar-refractivity contribution < 1.29 is 9.59 Å². The molecule has 1 atom stereocenters. The summed E-state index contributed by atoms with van der Waals surface area (Å²) in [6, 6.07) is 15.4. The van der Waals surface area contributed by atoms with Crippen LogP contribution in [0, 0.1) is 0 Å². The molecular weight excluding hydrogens is 430 g/mol. The average Bonchev–Trinajstić information content (AvgIpc) is 2.83. The molecule has 2 aliphatic rings. The van der Waals surface area contributed by atoms with Crippen LogP contribution < -0.4 is 21.1 Å². The Morgan fingerprint density at radius 2 is 1.85 bits per heavy atom. The number of nitrogens with one attached hydrogen (secondary N) is 3. The fourth-order valence-electron chi connectivity index (χ4n) is 4.48. The van der Waals surface area contributed by atoms with Crippen LogP contribution in [0.25, 0.3) is 5.57 Å². The van der Waals surface area contributed by atoms with Crippen LogP contribution in [0.5, 0.6) is 0 Å². The topological polar surface area (TPSA) is 107 Å².